The molecule has 0 saturated heterocycles. The van der Waals surface area contributed by atoms with Gasteiger partial charge in [0.2, 0.25) is 5.91 Å². The SMILES string of the molecule is CC(=O)Nc1cccnc1-c1ccc(C(=O)NCc2ccccc2C)cc1. The zero-order chi connectivity index (χ0) is 19.2. The van der Waals surface area contributed by atoms with E-state index in [1.807, 2.05) is 43.3 Å². The average Bonchev–Trinajstić information content (AvgIpc) is 2.67. The molecule has 0 aliphatic carbocycles. The zero-order valence-electron chi connectivity index (χ0n) is 15.3. The second-order valence-electron chi connectivity index (χ2n) is 6.27. The first-order valence-corrected chi connectivity index (χ1v) is 8.70. The molecule has 27 heavy (non-hydrogen) atoms. The number of pyridine rings is 1. The van der Waals surface area contributed by atoms with Crippen LogP contribution in [0.4, 0.5) is 5.69 Å². The number of carbonyl (C=O) groups excluding carboxylic acids is 2. The summed E-state index contributed by atoms with van der Waals surface area (Å²) in [6, 6.07) is 18.7. The molecule has 5 heteroatoms. The Morgan fingerprint density at radius 2 is 1.70 bits per heavy atom. The van der Waals surface area contributed by atoms with Gasteiger partial charge >= 0.3 is 0 Å². The van der Waals surface area contributed by atoms with Gasteiger partial charge in [0, 0.05) is 30.8 Å². The molecule has 0 radical (unpaired) electrons. The lowest BCUT2D eigenvalue weighted by molar-refractivity contribution is -0.114. The fraction of sp³-hybridized carbons (Fsp3) is 0.136. The number of amides is 2. The molecule has 0 aliphatic rings. The topological polar surface area (TPSA) is 71.1 Å². The largest absolute Gasteiger partial charge is 0.348 e. The molecule has 0 unspecified atom stereocenters. The number of aromatic nitrogens is 1. The summed E-state index contributed by atoms with van der Waals surface area (Å²) in [7, 11) is 0. The van der Waals surface area contributed by atoms with Crippen LogP contribution < -0.4 is 10.6 Å². The van der Waals surface area contributed by atoms with Crippen LogP contribution in [-0.2, 0) is 11.3 Å². The smallest absolute Gasteiger partial charge is 0.251 e. The first-order valence-electron chi connectivity index (χ1n) is 8.70. The van der Waals surface area contributed by atoms with Gasteiger partial charge < -0.3 is 10.6 Å². The number of rotatable bonds is 5. The molecule has 3 aromatic rings. The zero-order valence-corrected chi connectivity index (χ0v) is 15.3. The maximum Gasteiger partial charge on any atom is 0.251 e. The summed E-state index contributed by atoms with van der Waals surface area (Å²) < 4.78 is 0. The normalized spacial score (nSPS) is 10.3. The van der Waals surface area contributed by atoms with Crippen LogP contribution in [0.1, 0.15) is 28.4 Å². The van der Waals surface area contributed by atoms with Crippen molar-refractivity contribution in [3.63, 3.8) is 0 Å². The third kappa shape index (κ3) is 4.58. The van der Waals surface area contributed by atoms with Crippen LogP contribution in [0.25, 0.3) is 11.3 Å². The van der Waals surface area contributed by atoms with E-state index in [9.17, 15) is 9.59 Å². The molecule has 0 spiro atoms. The number of aryl methyl sites for hydroxylation is 1. The summed E-state index contributed by atoms with van der Waals surface area (Å²) in [6.45, 7) is 3.97. The number of carbonyl (C=O) groups is 2. The van der Waals surface area contributed by atoms with E-state index >= 15 is 0 Å². The van der Waals surface area contributed by atoms with Crippen molar-refractivity contribution < 1.29 is 9.59 Å². The Labute approximate surface area is 158 Å². The molecule has 0 atom stereocenters. The van der Waals surface area contributed by atoms with Crippen molar-refractivity contribution in [3.05, 3.63) is 83.6 Å². The standard InChI is InChI=1S/C22H21N3O2/c1-15-6-3-4-7-19(15)14-24-22(27)18-11-9-17(10-12-18)21-20(25-16(2)26)8-5-13-23-21/h3-13H,14H2,1-2H3,(H,24,27)(H,25,26). The fourth-order valence-corrected chi connectivity index (χ4v) is 2.79. The number of hydrogen-bond donors (Lipinski definition) is 2. The van der Waals surface area contributed by atoms with Gasteiger partial charge in [-0.15, -0.1) is 0 Å². The molecule has 1 heterocycles. The Hall–Kier alpha value is -3.47. The van der Waals surface area contributed by atoms with Gasteiger partial charge in [0.15, 0.2) is 0 Å². The molecule has 0 aliphatic heterocycles. The number of nitrogens with one attached hydrogen (secondary N) is 2. The Morgan fingerprint density at radius 1 is 0.963 bits per heavy atom. The summed E-state index contributed by atoms with van der Waals surface area (Å²) in [5, 5.41) is 5.71. The monoisotopic (exact) mass is 359 g/mol. The Morgan fingerprint density at radius 3 is 2.41 bits per heavy atom. The third-order valence-corrected chi connectivity index (χ3v) is 4.24. The van der Waals surface area contributed by atoms with E-state index in [4.69, 9.17) is 0 Å². The summed E-state index contributed by atoms with van der Waals surface area (Å²) in [5.41, 5.74) is 4.95. The van der Waals surface area contributed by atoms with Gasteiger partial charge in [0.05, 0.1) is 11.4 Å². The molecule has 3 rings (SSSR count). The molecular formula is C22H21N3O2. The Balaban J connectivity index is 1.73. The van der Waals surface area contributed by atoms with Crippen LogP contribution in [0.3, 0.4) is 0 Å². The van der Waals surface area contributed by atoms with Gasteiger partial charge in [-0.1, -0.05) is 36.4 Å². The molecule has 0 fully saturated rings. The molecule has 5 nitrogen and oxygen atoms in total. The van der Waals surface area contributed by atoms with E-state index in [1.165, 1.54) is 6.92 Å². The van der Waals surface area contributed by atoms with Gasteiger partial charge in [-0.3, -0.25) is 14.6 Å². The molecule has 136 valence electrons. The lowest BCUT2D eigenvalue weighted by Crippen LogP contribution is -2.23. The number of hydrogen-bond acceptors (Lipinski definition) is 3. The minimum Gasteiger partial charge on any atom is -0.348 e. The minimum atomic E-state index is -0.156. The molecule has 2 amide bonds. The van der Waals surface area contributed by atoms with Crippen molar-refractivity contribution in [3.8, 4) is 11.3 Å². The highest BCUT2D eigenvalue weighted by Gasteiger charge is 2.10. The molecule has 2 aromatic carbocycles. The van der Waals surface area contributed by atoms with E-state index in [0.717, 1.165) is 16.7 Å². The maximum absolute atomic E-state index is 12.4. The fourth-order valence-electron chi connectivity index (χ4n) is 2.79. The Bertz CT molecular complexity index is 965. The van der Waals surface area contributed by atoms with Crippen molar-refractivity contribution in [1.29, 1.82) is 0 Å². The van der Waals surface area contributed by atoms with Crippen LogP contribution in [0.15, 0.2) is 66.9 Å². The minimum absolute atomic E-state index is 0.132. The lowest BCUT2D eigenvalue weighted by atomic mass is 10.1. The molecule has 1 aromatic heterocycles. The van der Waals surface area contributed by atoms with E-state index in [2.05, 4.69) is 15.6 Å². The van der Waals surface area contributed by atoms with Gasteiger partial charge in [0.1, 0.15) is 0 Å². The second-order valence-corrected chi connectivity index (χ2v) is 6.27. The molecular weight excluding hydrogens is 338 g/mol. The number of anilines is 1. The summed E-state index contributed by atoms with van der Waals surface area (Å²) in [6.07, 6.45) is 1.67. The molecule has 0 saturated carbocycles. The van der Waals surface area contributed by atoms with Crippen LogP contribution >= 0.6 is 0 Å². The lowest BCUT2D eigenvalue weighted by Gasteiger charge is -2.10. The highest BCUT2D eigenvalue weighted by molar-refractivity contribution is 5.96. The third-order valence-electron chi connectivity index (χ3n) is 4.24. The van der Waals surface area contributed by atoms with Gasteiger partial charge in [-0.2, -0.15) is 0 Å². The van der Waals surface area contributed by atoms with E-state index < -0.39 is 0 Å². The van der Waals surface area contributed by atoms with Crippen LogP contribution in [0, 0.1) is 6.92 Å². The quantitative estimate of drug-likeness (QED) is 0.725. The molecule has 0 bridgehead atoms. The van der Waals surface area contributed by atoms with Gasteiger partial charge in [-0.05, 0) is 42.3 Å². The van der Waals surface area contributed by atoms with Crippen LogP contribution in [0.5, 0.6) is 0 Å². The van der Waals surface area contributed by atoms with E-state index in [0.29, 0.717) is 23.5 Å². The van der Waals surface area contributed by atoms with Crippen molar-refractivity contribution in [2.24, 2.45) is 0 Å². The average molecular weight is 359 g/mol. The number of nitrogens with zero attached hydrogens (tertiary/aromatic N) is 1. The van der Waals surface area contributed by atoms with Gasteiger partial charge in [0.25, 0.3) is 5.91 Å². The second kappa shape index (κ2) is 8.27. The number of benzene rings is 2. The summed E-state index contributed by atoms with van der Waals surface area (Å²) >= 11 is 0. The summed E-state index contributed by atoms with van der Waals surface area (Å²) in [5.74, 6) is -0.288. The first-order chi connectivity index (χ1) is 13.0. The predicted molar refractivity (Wildman–Crippen MR) is 106 cm³/mol. The predicted octanol–water partition coefficient (Wildman–Crippen LogP) is 3.95. The van der Waals surface area contributed by atoms with Gasteiger partial charge in [-0.25, -0.2) is 0 Å². The first kappa shape index (κ1) is 18.3. The summed E-state index contributed by atoms with van der Waals surface area (Å²) in [4.78, 5) is 28.1. The van der Waals surface area contributed by atoms with Crippen LogP contribution in [-0.4, -0.2) is 16.8 Å². The highest BCUT2D eigenvalue weighted by atomic mass is 16.2. The Kier molecular flexibility index (Phi) is 5.61. The molecule has 2 N–H and O–H groups in total. The van der Waals surface area contributed by atoms with Crippen molar-refractivity contribution in [2.75, 3.05) is 5.32 Å². The van der Waals surface area contributed by atoms with E-state index in [-0.39, 0.29) is 11.8 Å². The van der Waals surface area contributed by atoms with Crippen molar-refractivity contribution in [2.45, 2.75) is 20.4 Å². The maximum atomic E-state index is 12.4. The van der Waals surface area contributed by atoms with Crippen molar-refractivity contribution in [1.82, 2.24) is 10.3 Å². The van der Waals surface area contributed by atoms with Crippen LogP contribution in [0.2, 0.25) is 0 Å². The van der Waals surface area contributed by atoms with Crippen molar-refractivity contribution >= 4 is 17.5 Å². The highest BCUT2D eigenvalue weighted by Crippen LogP contribution is 2.25. The van der Waals surface area contributed by atoms with E-state index in [1.54, 1.807) is 30.5 Å².